The number of thiol groups is 1. The quantitative estimate of drug-likeness (QED) is 0.314. The zero-order chi connectivity index (χ0) is 27.9. The van der Waals surface area contributed by atoms with E-state index in [4.69, 9.17) is 22.1 Å². The predicted molar refractivity (Wildman–Crippen MR) is 146 cm³/mol. The smallest absolute Gasteiger partial charge is 0.430 e. The lowest BCUT2D eigenvalue weighted by Crippen LogP contribution is -2.47. The van der Waals surface area contributed by atoms with Crippen LogP contribution in [0.15, 0.2) is 48.4 Å². The number of piperidine rings is 1. The van der Waals surface area contributed by atoms with E-state index in [0.717, 1.165) is 18.4 Å². The molecule has 1 saturated heterocycles. The van der Waals surface area contributed by atoms with Crippen LogP contribution in [0.4, 0.5) is 9.18 Å². The average molecular weight is 561 g/mol. The molecule has 1 aromatic carbocycles. The summed E-state index contributed by atoms with van der Waals surface area (Å²) >= 11 is 4.81. The van der Waals surface area contributed by atoms with E-state index in [2.05, 4.69) is 0 Å². The third-order valence-corrected chi connectivity index (χ3v) is 7.58. The molecule has 9 nitrogen and oxygen atoms in total. The van der Waals surface area contributed by atoms with Gasteiger partial charge in [-0.15, -0.1) is 5.12 Å². The number of ether oxygens (including phenoxy) is 2. The second-order valence-corrected chi connectivity index (χ2v) is 10.4. The third-order valence-electron chi connectivity index (χ3n) is 6.99. The van der Waals surface area contributed by atoms with E-state index in [-0.39, 0.29) is 41.8 Å². The molecule has 0 spiro atoms. The average Bonchev–Trinajstić information content (AvgIpc) is 3.69. The van der Waals surface area contributed by atoms with Crippen LogP contribution in [0.3, 0.4) is 0 Å². The molecule has 1 saturated carbocycles. The van der Waals surface area contributed by atoms with E-state index in [9.17, 15) is 18.8 Å². The number of esters is 1. The summed E-state index contributed by atoms with van der Waals surface area (Å²) in [5.41, 5.74) is 1.33. The fourth-order valence-corrected chi connectivity index (χ4v) is 5.16. The number of carbonyl (C=O) groups excluding carboxylic acids is 3. The number of ketones is 1. The summed E-state index contributed by atoms with van der Waals surface area (Å²) < 4.78 is 25.1. The van der Waals surface area contributed by atoms with Gasteiger partial charge in [0.2, 0.25) is 0 Å². The van der Waals surface area contributed by atoms with Gasteiger partial charge in [0.25, 0.3) is 0 Å². The Balaban J connectivity index is 1.55. The highest BCUT2D eigenvalue weighted by atomic mass is 32.1. The number of likely N-dealkylation sites (tertiary alicyclic amines) is 1. The first-order chi connectivity index (χ1) is 18.8. The number of hydrogen-bond donors (Lipinski definition) is 1. The van der Waals surface area contributed by atoms with Crippen LogP contribution in [-0.2, 0) is 19.1 Å². The van der Waals surface area contributed by atoms with Crippen LogP contribution in [0.5, 0.6) is 0 Å². The largest absolute Gasteiger partial charge is 0.466 e. The van der Waals surface area contributed by atoms with Crippen molar-refractivity contribution in [1.29, 1.82) is 0 Å². The van der Waals surface area contributed by atoms with Gasteiger partial charge in [-0.3, -0.25) is 19.5 Å². The van der Waals surface area contributed by atoms with Crippen LogP contribution in [0, 0.1) is 11.7 Å². The molecule has 2 unspecified atom stereocenters. The molecule has 0 bridgehead atoms. The van der Waals surface area contributed by atoms with Gasteiger partial charge in [0.05, 0.1) is 19.3 Å². The monoisotopic (exact) mass is 560 g/mol. The summed E-state index contributed by atoms with van der Waals surface area (Å²) in [6, 6.07) is 5.84. The summed E-state index contributed by atoms with van der Waals surface area (Å²) in [7, 11) is 0. The van der Waals surface area contributed by atoms with Crippen molar-refractivity contribution in [3.05, 3.63) is 59.8 Å². The van der Waals surface area contributed by atoms with E-state index < -0.39 is 12.1 Å². The maximum atomic E-state index is 14.9. The van der Waals surface area contributed by atoms with Crippen LogP contribution < -0.4 is 0 Å². The molecule has 3 aliphatic rings. The molecule has 2 aliphatic heterocycles. The van der Waals surface area contributed by atoms with E-state index >= 15 is 0 Å². The highest BCUT2D eigenvalue weighted by Gasteiger charge is 2.41. The molecule has 39 heavy (non-hydrogen) atoms. The fraction of sp³-hybridized carbons (Fsp3) is 0.536. The first-order valence-corrected chi connectivity index (χ1v) is 14.1. The number of carbonyl (C=O) groups is 3. The van der Waals surface area contributed by atoms with Gasteiger partial charge in [-0.05, 0) is 51.2 Å². The molecular formula is C28H37FN4O5S. The number of hydrazine groups is 2. The van der Waals surface area contributed by atoms with Gasteiger partial charge in [-0.1, -0.05) is 18.2 Å². The van der Waals surface area contributed by atoms with Gasteiger partial charge in [-0.2, -0.15) is 17.6 Å². The highest BCUT2D eigenvalue weighted by molar-refractivity contribution is 7.81. The molecule has 11 heteroatoms. The number of benzene rings is 1. The van der Waals surface area contributed by atoms with E-state index in [1.807, 2.05) is 11.1 Å². The second-order valence-electron chi connectivity index (χ2n) is 9.81. The van der Waals surface area contributed by atoms with Crippen LogP contribution in [0.2, 0.25) is 0 Å². The minimum absolute atomic E-state index is 0.0229. The molecule has 212 valence electrons. The van der Waals surface area contributed by atoms with Crippen molar-refractivity contribution >= 4 is 30.5 Å². The number of nitrogens with zero attached hydrogens (tertiary/aromatic N) is 4. The van der Waals surface area contributed by atoms with Gasteiger partial charge in [-0.25, -0.2) is 9.18 Å². The summed E-state index contributed by atoms with van der Waals surface area (Å²) in [6.07, 6.45) is 7.73. The van der Waals surface area contributed by atoms with Crippen molar-refractivity contribution in [1.82, 2.24) is 20.0 Å². The van der Waals surface area contributed by atoms with Gasteiger partial charge in [0.1, 0.15) is 5.82 Å². The molecule has 2 fully saturated rings. The zero-order valence-electron chi connectivity index (χ0n) is 22.5. The van der Waals surface area contributed by atoms with Gasteiger partial charge >= 0.3 is 12.1 Å². The number of Topliss-reactive ketones (excluding diaryl/α,β-unsaturated/α-hetero) is 1. The van der Waals surface area contributed by atoms with Crippen molar-refractivity contribution in [2.45, 2.75) is 57.2 Å². The molecule has 1 aliphatic carbocycles. The first kappa shape index (κ1) is 29.1. The minimum atomic E-state index is -0.659. The maximum absolute atomic E-state index is 14.9. The van der Waals surface area contributed by atoms with E-state index in [1.165, 1.54) is 11.1 Å². The summed E-state index contributed by atoms with van der Waals surface area (Å²) in [5.74, 6) is -0.636. The van der Waals surface area contributed by atoms with E-state index in [0.29, 0.717) is 44.6 Å². The van der Waals surface area contributed by atoms with Crippen molar-refractivity contribution < 1.29 is 28.2 Å². The molecule has 0 radical (unpaired) electrons. The normalized spacial score (nSPS) is 21.8. The Morgan fingerprint density at radius 3 is 2.54 bits per heavy atom. The van der Waals surface area contributed by atoms with Crippen LogP contribution in [-0.4, -0.2) is 76.0 Å². The lowest BCUT2D eigenvalue weighted by molar-refractivity contribution is -0.143. The van der Waals surface area contributed by atoms with Crippen molar-refractivity contribution in [2.75, 3.05) is 32.8 Å². The standard InChI is InChI=1S/C28H37FN4O5S/c1-3-37-25(34)10-7-14-33-31(16-17-32(33)28(36)38-4-2)19-21-18-30(15-13-24(21)39)26(27(35)20-11-12-20)22-8-5-6-9-23(22)29/h5-6,8-9,16-17,19-20,24,26,39H,3-4,7,10-15,18H2,1-2H3/b21-19-. The number of rotatable bonds is 11. The number of hydrogen-bond acceptors (Lipinski definition) is 9. The summed E-state index contributed by atoms with van der Waals surface area (Å²) in [4.78, 5) is 39.9. The Morgan fingerprint density at radius 2 is 1.85 bits per heavy atom. The third kappa shape index (κ3) is 7.20. The number of amides is 1. The lowest BCUT2D eigenvalue weighted by atomic mass is 9.94. The Hall–Kier alpha value is -2.89. The second kappa shape index (κ2) is 13.5. The zero-order valence-corrected chi connectivity index (χ0v) is 23.4. The molecule has 2 heterocycles. The highest BCUT2D eigenvalue weighted by Crippen LogP contribution is 2.39. The van der Waals surface area contributed by atoms with Gasteiger partial charge in [0, 0.05) is 61.4 Å². The van der Waals surface area contributed by atoms with Crippen LogP contribution in [0.25, 0.3) is 0 Å². The number of halogens is 1. The topological polar surface area (TPSA) is 82.6 Å². The molecular weight excluding hydrogens is 523 g/mol. The van der Waals surface area contributed by atoms with Gasteiger partial charge < -0.3 is 9.47 Å². The first-order valence-electron chi connectivity index (χ1n) is 13.6. The molecule has 0 aromatic heterocycles. The Bertz CT molecular complexity index is 1110. The SMILES string of the molecule is CCOC(=O)CCCN1N(/C=C2/CN(C(C(=O)C3CC3)c3ccccc3F)CCC2S)C=CN1C(=O)OCC. The Kier molecular flexibility index (Phi) is 10.0. The van der Waals surface area contributed by atoms with E-state index in [1.54, 1.807) is 54.6 Å². The maximum Gasteiger partial charge on any atom is 0.430 e. The summed E-state index contributed by atoms with van der Waals surface area (Å²) in [6.45, 7) is 5.42. The van der Waals surface area contributed by atoms with Gasteiger partial charge in [0.15, 0.2) is 5.78 Å². The predicted octanol–water partition coefficient (Wildman–Crippen LogP) is 4.45. The van der Waals surface area contributed by atoms with Crippen molar-refractivity contribution in [3.63, 3.8) is 0 Å². The van der Waals surface area contributed by atoms with Crippen LogP contribution in [0.1, 0.15) is 57.6 Å². The molecule has 1 amide bonds. The lowest BCUT2D eigenvalue weighted by Gasteiger charge is -2.39. The summed E-state index contributed by atoms with van der Waals surface area (Å²) in [5, 5.41) is 4.74. The fourth-order valence-electron chi connectivity index (χ4n) is 4.90. The molecule has 0 N–H and O–H groups in total. The molecule has 2 atom stereocenters. The molecule has 1 aromatic rings. The van der Waals surface area contributed by atoms with Crippen molar-refractivity contribution in [3.8, 4) is 0 Å². The Morgan fingerprint density at radius 1 is 1.10 bits per heavy atom. The Labute approximate surface area is 234 Å². The van der Waals surface area contributed by atoms with Crippen LogP contribution >= 0.6 is 12.6 Å². The molecule has 4 rings (SSSR count). The van der Waals surface area contributed by atoms with Crippen molar-refractivity contribution in [2.24, 2.45) is 5.92 Å². The minimum Gasteiger partial charge on any atom is -0.466 e.